The minimum atomic E-state index is -0.968. The molecule has 2 N–H and O–H groups in total. The molecule has 0 aliphatic rings. The lowest BCUT2D eigenvalue weighted by molar-refractivity contribution is -0.118. The van der Waals surface area contributed by atoms with Crippen molar-refractivity contribution < 1.29 is 14.7 Å². The zero-order chi connectivity index (χ0) is 13.5. The molecule has 18 heavy (non-hydrogen) atoms. The van der Waals surface area contributed by atoms with E-state index in [1.165, 1.54) is 12.1 Å². The summed E-state index contributed by atoms with van der Waals surface area (Å²) >= 11 is 0. The number of carbonyl (C=O) groups excluding carboxylic acids is 1. The Labute approximate surface area is 106 Å². The number of rotatable bonds is 6. The number of hydrogen-bond acceptors (Lipinski definition) is 3. The van der Waals surface area contributed by atoms with Crippen molar-refractivity contribution in [3.8, 4) is 0 Å². The number of carbonyl (C=O) groups is 2. The van der Waals surface area contributed by atoms with Crippen LogP contribution in [-0.4, -0.2) is 37.6 Å². The molecule has 5 nitrogen and oxygen atoms in total. The number of hydrogen-bond donors (Lipinski definition) is 2. The molecule has 0 fully saturated rings. The molecule has 1 aromatic carbocycles. The maximum atomic E-state index is 11.8. The summed E-state index contributed by atoms with van der Waals surface area (Å²) in [6.45, 7) is 0.803. The van der Waals surface area contributed by atoms with Crippen LogP contribution < -0.4 is 10.2 Å². The summed E-state index contributed by atoms with van der Waals surface area (Å²) in [5.74, 6) is -0.946. The predicted molar refractivity (Wildman–Crippen MR) is 70.0 cm³/mol. The zero-order valence-electron chi connectivity index (χ0n) is 10.6. The van der Waals surface area contributed by atoms with Crippen molar-refractivity contribution in [1.29, 1.82) is 0 Å². The number of benzene rings is 1. The highest BCUT2D eigenvalue weighted by molar-refractivity contribution is 5.94. The Hall–Kier alpha value is -1.88. The van der Waals surface area contributed by atoms with Crippen LogP contribution in [0.2, 0.25) is 0 Å². The van der Waals surface area contributed by atoms with Gasteiger partial charge in [0, 0.05) is 19.2 Å². The maximum absolute atomic E-state index is 11.8. The largest absolute Gasteiger partial charge is 0.478 e. The lowest BCUT2D eigenvalue weighted by Crippen LogP contribution is -2.26. The fourth-order valence-corrected chi connectivity index (χ4v) is 1.56. The van der Waals surface area contributed by atoms with E-state index in [2.05, 4.69) is 5.32 Å². The lowest BCUT2D eigenvalue weighted by atomic mass is 10.2. The van der Waals surface area contributed by atoms with Gasteiger partial charge in [0.2, 0.25) is 5.91 Å². The molecule has 0 aliphatic heterocycles. The lowest BCUT2D eigenvalue weighted by Gasteiger charge is -2.17. The summed E-state index contributed by atoms with van der Waals surface area (Å²) in [4.78, 5) is 24.1. The van der Waals surface area contributed by atoms with Gasteiger partial charge in [-0.05, 0) is 44.3 Å². The van der Waals surface area contributed by atoms with Crippen molar-refractivity contribution in [1.82, 2.24) is 5.32 Å². The molecule has 0 saturated carbocycles. The number of nitrogens with zero attached hydrogens (tertiary/aromatic N) is 1. The van der Waals surface area contributed by atoms with Gasteiger partial charge in [-0.15, -0.1) is 0 Å². The van der Waals surface area contributed by atoms with Crippen LogP contribution in [-0.2, 0) is 4.79 Å². The molecule has 1 amide bonds. The van der Waals surface area contributed by atoms with Crippen molar-refractivity contribution in [3.05, 3.63) is 29.8 Å². The molecule has 5 heteroatoms. The Morgan fingerprint density at radius 3 is 2.39 bits per heavy atom. The van der Waals surface area contributed by atoms with Gasteiger partial charge >= 0.3 is 5.97 Å². The molecule has 0 aliphatic carbocycles. The molecular weight excluding hydrogens is 232 g/mol. The van der Waals surface area contributed by atoms with Crippen molar-refractivity contribution >= 4 is 17.6 Å². The van der Waals surface area contributed by atoms with Gasteiger partial charge in [0.25, 0.3) is 0 Å². The van der Waals surface area contributed by atoms with Gasteiger partial charge in [-0.2, -0.15) is 0 Å². The van der Waals surface area contributed by atoms with E-state index >= 15 is 0 Å². The molecule has 1 rings (SSSR count). The van der Waals surface area contributed by atoms with Crippen molar-refractivity contribution in [3.63, 3.8) is 0 Å². The molecule has 0 bridgehead atoms. The normalized spacial score (nSPS) is 10.1. The maximum Gasteiger partial charge on any atom is 0.335 e. The van der Waals surface area contributed by atoms with Crippen LogP contribution in [0.1, 0.15) is 23.2 Å². The van der Waals surface area contributed by atoms with Crippen LogP contribution in [0.25, 0.3) is 0 Å². The molecule has 0 atom stereocenters. The summed E-state index contributed by atoms with van der Waals surface area (Å²) in [6.07, 6.45) is 1.25. The van der Waals surface area contributed by atoms with Crippen LogP contribution in [0.3, 0.4) is 0 Å². The molecule has 0 aromatic heterocycles. The summed E-state index contributed by atoms with van der Waals surface area (Å²) in [5, 5.41) is 11.8. The molecule has 1 aromatic rings. The van der Waals surface area contributed by atoms with Crippen LogP contribution in [0, 0.1) is 0 Å². The number of amides is 1. The van der Waals surface area contributed by atoms with Gasteiger partial charge in [0.1, 0.15) is 0 Å². The van der Waals surface area contributed by atoms with E-state index in [4.69, 9.17) is 5.11 Å². The number of carboxylic acids is 1. The SMILES string of the molecule is CNCCCC(=O)N(C)c1ccc(C(=O)O)cc1. The number of carboxylic acid groups (broad SMARTS) is 1. The van der Waals surface area contributed by atoms with Crippen LogP contribution >= 0.6 is 0 Å². The van der Waals surface area contributed by atoms with Gasteiger partial charge in [0.05, 0.1) is 5.56 Å². The Morgan fingerprint density at radius 1 is 1.28 bits per heavy atom. The van der Waals surface area contributed by atoms with Gasteiger partial charge in [-0.1, -0.05) is 0 Å². The summed E-state index contributed by atoms with van der Waals surface area (Å²) in [6, 6.07) is 6.27. The minimum Gasteiger partial charge on any atom is -0.478 e. The molecule has 0 heterocycles. The van der Waals surface area contributed by atoms with Crippen molar-refractivity contribution in [2.24, 2.45) is 0 Å². The quantitative estimate of drug-likeness (QED) is 0.748. The highest BCUT2D eigenvalue weighted by Crippen LogP contribution is 2.15. The fraction of sp³-hybridized carbons (Fsp3) is 0.385. The third-order valence-electron chi connectivity index (χ3n) is 2.69. The van der Waals surface area contributed by atoms with E-state index in [9.17, 15) is 9.59 Å². The average Bonchev–Trinajstić information content (AvgIpc) is 2.38. The number of aromatic carboxylic acids is 1. The highest BCUT2D eigenvalue weighted by atomic mass is 16.4. The first-order chi connectivity index (χ1) is 8.56. The summed E-state index contributed by atoms with van der Waals surface area (Å²) < 4.78 is 0. The minimum absolute atomic E-state index is 0.0216. The first kappa shape index (κ1) is 14.2. The Balaban J connectivity index is 2.63. The molecule has 0 saturated heterocycles. The third kappa shape index (κ3) is 3.85. The topological polar surface area (TPSA) is 69.6 Å². The molecule has 0 spiro atoms. The average molecular weight is 250 g/mol. The predicted octanol–water partition coefficient (Wildman–Crippen LogP) is 1.35. The third-order valence-corrected chi connectivity index (χ3v) is 2.69. The van der Waals surface area contributed by atoms with E-state index in [0.29, 0.717) is 12.1 Å². The first-order valence-electron chi connectivity index (χ1n) is 5.80. The van der Waals surface area contributed by atoms with Gasteiger partial charge in [-0.25, -0.2) is 4.79 Å². The second-order valence-corrected chi connectivity index (χ2v) is 4.01. The van der Waals surface area contributed by atoms with Gasteiger partial charge in [-0.3, -0.25) is 4.79 Å². The summed E-state index contributed by atoms with van der Waals surface area (Å²) in [7, 11) is 3.54. The molecular formula is C13H18N2O3. The Kier molecular flexibility index (Phi) is 5.32. The molecule has 0 unspecified atom stereocenters. The van der Waals surface area contributed by atoms with Crippen LogP contribution in [0.5, 0.6) is 0 Å². The van der Waals surface area contributed by atoms with E-state index in [1.54, 1.807) is 24.1 Å². The second kappa shape index (κ2) is 6.76. The van der Waals surface area contributed by atoms with Crippen LogP contribution in [0.15, 0.2) is 24.3 Å². The Bertz CT molecular complexity index is 415. The molecule has 98 valence electrons. The first-order valence-corrected chi connectivity index (χ1v) is 5.80. The molecule has 0 radical (unpaired) electrons. The Morgan fingerprint density at radius 2 is 1.89 bits per heavy atom. The van der Waals surface area contributed by atoms with Crippen molar-refractivity contribution in [2.75, 3.05) is 25.5 Å². The smallest absolute Gasteiger partial charge is 0.335 e. The fourth-order valence-electron chi connectivity index (χ4n) is 1.56. The number of anilines is 1. The van der Waals surface area contributed by atoms with Crippen LogP contribution in [0.4, 0.5) is 5.69 Å². The zero-order valence-corrected chi connectivity index (χ0v) is 10.6. The summed E-state index contributed by atoms with van der Waals surface area (Å²) in [5.41, 5.74) is 0.921. The number of nitrogens with one attached hydrogen (secondary N) is 1. The standard InChI is InChI=1S/C13H18N2O3/c1-14-9-3-4-12(16)15(2)11-7-5-10(6-8-11)13(17)18/h5-8,14H,3-4,9H2,1-2H3,(H,17,18). The van der Waals surface area contributed by atoms with Gasteiger partial charge < -0.3 is 15.3 Å². The van der Waals surface area contributed by atoms with E-state index in [0.717, 1.165) is 13.0 Å². The highest BCUT2D eigenvalue weighted by Gasteiger charge is 2.11. The van der Waals surface area contributed by atoms with Gasteiger partial charge in [0.15, 0.2) is 0 Å². The second-order valence-electron chi connectivity index (χ2n) is 4.01. The van der Waals surface area contributed by atoms with E-state index < -0.39 is 5.97 Å². The van der Waals surface area contributed by atoms with E-state index in [1.807, 2.05) is 7.05 Å². The van der Waals surface area contributed by atoms with E-state index in [-0.39, 0.29) is 11.5 Å². The van der Waals surface area contributed by atoms with Crippen molar-refractivity contribution in [2.45, 2.75) is 12.8 Å². The monoisotopic (exact) mass is 250 g/mol.